The topological polar surface area (TPSA) is 49.3 Å². The molecule has 0 spiro atoms. The number of aliphatic hydroxyl groups is 1. The van der Waals surface area contributed by atoms with E-state index < -0.39 is 0 Å². The lowest BCUT2D eigenvalue weighted by molar-refractivity contribution is -0.123. The molecule has 104 valence electrons. The Balaban J connectivity index is 1.93. The third kappa shape index (κ3) is 3.16. The van der Waals surface area contributed by atoms with Gasteiger partial charge in [0, 0.05) is 18.6 Å². The van der Waals surface area contributed by atoms with Gasteiger partial charge in [-0.05, 0) is 43.2 Å². The summed E-state index contributed by atoms with van der Waals surface area (Å²) < 4.78 is 0. The second-order valence-electron chi connectivity index (χ2n) is 5.76. The largest absolute Gasteiger partial charge is 0.396 e. The fourth-order valence-corrected chi connectivity index (χ4v) is 2.46. The summed E-state index contributed by atoms with van der Waals surface area (Å²) in [5.41, 5.74) is 2.56. The summed E-state index contributed by atoms with van der Waals surface area (Å²) in [5.74, 6) is 0.702. The highest BCUT2D eigenvalue weighted by Crippen LogP contribution is 2.48. The fourth-order valence-electron chi connectivity index (χ4n) is 2.46. The van der Waals surface area contributed by atoms with Crippen molar-refractivity contribution in [2.45, 2.75) is 39.2 Å². The van der Waals surface area contributed by atoms with Crippen LogP contribution in [0.4, 0.5) is 0 Å². The van der Waals surface area contributed by atoms with Gasteiger partial charge in [-0.25, -0.2) is 0 Å². The second kappa shape index (κ2) is 5.74. The lowest BCUT2D eigenvalue weighted by Crippen LogP contribution is -2.39. The maximum Gasteiger partial charge on any atom is 0.223 e. The lowest BCUT2D eigenvalue weighted by atomic mass is 10.0. The summed E-state index contributed by atoms with van der Waals surface area (Å²) in [6, 6.07) is 8.30. The van der Waals surface area contributed by atoms with Crippen molar-refractivity contribution in [1.82, 2.24) is 5.32 Å². The molecule has 2 rings (SSSR count). The van der Waals surface area contributed by atoms with E-state index >= 15 is 0 Å². The van der Waals surface area contributed by atoms with E-state index in [1.165, 1.54) is 11.1 Å². The quantitative estimate of drug-likeness (QED) is 0.854. The first kappa shape index (κ1) is 14.1. The average molecular weight is 261 g/mol. The fraction of sp³-hybridized carbons (Fsp3) is 0.562. The van der Waals surface area contributed by atoms with Crippen LogP contribution in [0.3, 0.4) is 0 Å². The maximum absolute atomic E-state index is 12.1. The van der Waals surface area contributed by atoms with Gasteiger partial charge in [-0.3, -0.25) is 4.79 Å². The van der Waals surface area contributed by atoms with Crippen molar-refractivity contribution in [3.63, 3.8) is 0 Å². The number of hydrogen-bond acceptors (Lipinski definition) is 2. The number of hydrogen-bond donors (Lipinski definition) is 2. The van der Waals surface area contributed by atoms with Gasteiger partial charge in [0.05, 0.1) is 0 Å². The average Bonchev–Trinajstić information content (AvgIpc) is 3.18. The Kier molecular flexibility index (Phi) is 4.25. The Hall–Kier alpha value is -1.35. The molecular weight excluding hydrogens is 238 g/mol. The van der Waals surface area contributed by atoms with Crippen LogP contribution < -0.4 is 5.32 Å². The Labute approximate surface area is 115 Å². The van der Waals surface area contributed by atoms with Crippen LogP contribution in [0.2, 0.25) is 0 Å². The molecule has 1 aromatic carbocycles. The molecule has 2 N–H and O–H groups in total. The molecule has 1 aromatic rings. The SMILES string of the molecule is Cc1ccccc1C1CC1C(=O)NC(C)C(C)CO. The highest BCUT2D eigenvalue weighted by Gasteiger charge is 2.44. The van der Waals surface area contributed by atoms with Crippen LogP contribution in [-0.4, -0.2) is 23.7 Å². The molecular formula is C16H23NO2. The standard InChI is InChI=1S/C16H23NO2/c1-10-6-4-5-7-13(10)14-8-15(14)16(19)17-12(3)11(2)9-18/h4-7,11-12,14-15,18H,8-9H2,1-3H3,(H,17,19). The second-order valence-corrected chi connectivity index (χ2v) is 5.76. The number of rotatable bonds is 5. The van der Waals surface area contributed by atoms with Crippen molar-refractivity contribution in [1.29, 1.82) is 0 Å². The first-order valence-electron chi connectivity index (χ1n) is 7.01. The Morgan fingerprint density at radius 2 is 2.11 bits per heavy atom. The van der Waals surface area contributed by atoms with E-state index in [4.69, 9.17) is 5.11 Å². The van der Waals surface area contributed by atoms with Crippen LogP contribution in [0, 0.1) is 18.8 Å². The summed E-state index contributed by atoms with van der Waals surface area (Å²) in [5, 5.41) is 12.1. The summed E-state index contributed by atoms with van der Waals surface area (Å²) >= 11 is 0. The first-order chi connectivity index (χ1) is 9.04. The van der Waals surface area contributed by atoms with Crippen LogP contribution in [0.25, 0.3) is 0 Å². The maximum atomic E-state index is 12.1. The number of benzene rings is 1. The molecule has 1 amide bonds. The summed E-state index contributed by atoms with van der Waals surface area (Å²) in [7, 11) is 0. The van der Waals surface area contributed by atoms with Gasteiger partial charge in [-0.1, -0.05) is 31.2 Å². The molecule has 1 fully saturated rings. The van der Waals surface area contributed by atoms with E-state index in [0.717, 1.165) is 6.42 Å². The number of nitrogens with one attached hydrogen (secondary N) is 1. The third-order valence-electron chi connectivity index (χ3n) is 4.23. The summed E-state index contributed by atoms with van der Waals surface area (Å²) in [4.78, 5) is 12.1. The van der Waals surface area contributed by atoms with Gasteiger partial charge in [0.15, 0.2) is 0 Å². The van der Waals surface area contributed by atoms with Crippen molar-refractivity contribution in [2.24, 2.45) is 11.8 Å². The number of carbonyl (C=O) groups is 1. The van der Waals surface area contributed by atoms with Crippen LogP contribution in [-0.2, 0) is 4.79 Å². The van der Waals surface area contributed by atoms with Gasteiger partial charge >= 0.3 is 0 Å². The molecule has 0 aliphatic heterocycles. The molecule has 4 unspecified atom stereocenters. The number of carbonyl (C=O) groups excluding carboxylic acids is 1. The predicted molar refractivity (Wildman–Crippen MR) is 75.9 cm³/mol. The van der Waals surface area contributed by atoms with E-state index in [0.29, 0.717) is 5.92 Å². The van der Waals surface area contributed by atoms with E-state index in [2.05, 4.69) is 24.4 Å². The van der Waals surface area contributed by atoms with Crippen LogP contribution >= 0.6 is 0 Å². The molecule has 0 bridgehead atoms. The summed E-state index contributed by atoms with van der Waals surface area (Å²) in [6.45, 7) is 6.09. The Morgan fingerprint density at radius 1 is 1.42 bits per heavy atom. The minimum atomic E-state index is 0.0237. The van der Waals surface area contributed by atoms with Crippen LogP contribution in [0.1, 0.15) is 37.3 Å². The number of amides is 1. The van der Waals surface area contributed by atoms with Gasteiger partial charge in [-0.15, -0.1) is 0 Å². The highest BCUT2D eigenvalue weighted by atomic mass is 16.3. The lowest BCUT2D eigenvalue weighted by Gasteiger charge is -2.19. The monoisotopic (exact) mass is 261 g/mol. The zero-order valence-corrected chi connectivity index (χ0v) is 11.9. The molecule has 3 nitrogen and oxygen atoms in total. The third-order valence-corrected chi connectivity index (χ3v) is 4.23. The minimum absolute atomic E-state index is 0.0237. The normalized spacial score (nSPS) is 24.6. The molecule has 0 aromatic heterocycles. The zero-order chi connectivity index (χ0) is 14.0. The van der Waals surface area contributed by atoms with Gasteiger partial charge in [-0.2, -0.15) is 0 Å². The predicted octanol–water partition coefficient (Wildman–Crippen LogP) is 2.23. The molecule has 1 saturated carbocycles. The molecule has 19 heavy (non-hydrogen) atoms. The molecule has 1 aliphatic carbocycles. The first-order valence-corrected chi connectivity index (χ1v) is 7.01. The molecule has 1 aliphatic rings. The highest BCUT2D eigenvalue weighted by molar-refractivity contribution is 5.83. The zero-order valence-electron chi connectivity index (χ0n) is 11.9. The van der Waals surface area contributed by atoms with E-state index in [-0.39, 0.29) is 30.4 Å². The molecule has 4 atom stereocenters. The minimum Gasteiger partial charge on any atom is -0.396 e. The molecule has 0 heterocycles. The van der Waals surface area contributed by atoms with Crippen LogP contribution in [0.5, 0.6) is 0 Å². The number of aliphatic hydroxyl groups excluding tert-OH is 1. The van der Waals surface area contributed by atoms with Crippen molar-refractivity contribution in [3.05, 3.63) is 35.4 Å². The van der Waals surface area contributed by atoms with Gasteiger partial charge in [0.2, 0.25) is 5.91 Å². The smallest absolute Gasteiger partial charge is 0.223 e. The molecule has 0 saturated heterocycles. The van der Waals surface area contributed by atoms with Crippen LogP contribution in [0.15, 0.2) is 24.3 Å². The number of aryl methyl sites for hydroxylation is 1. The van der Waals surface area contributed by atoms with Gasteiger partial charge in [0.1, 0.15) is 0 Å². The van der Waals surface area contributed by atoms with Crippen molar-refractivity contribution >= 4 is 5.91 Å². The van der Waals surface area contributed by atoms with Crippen molar-refractivity contribution in [2.75, 3.05) is 6.61 Å². The van der Waals surface area contributed by atoms with Gasteiger partial charge < -0.3 is 10.4 Å². The van der Waals surface area contributed by atoms with Gasteiger partial charge in [0.25, 0.3) is 0 Å². The van der Waals surface area contributed by atoms with Crippen molar-refractivity contribution in [3.8, 4) is 0 Å². The Morgan fingerprint density at radius 3 is 2.74 bits per heavy atom. The summed E-state index contributed by atoms with van der Waals surface area (Å²) in [6.07, 6.45) is 0.941. The van der Waals surface area contributed by atoms with E-state index in [1.54, 1.807) is 0 Å². The Bertz CT molecular complexity index is 458. The van der Waals surface area contributed by atoms with E-state index in [9.17, 15) is 4.79 Å². The molecule has 0 radical (unpaired) electrons. The van der Waals surface area contributed by atoms with Crippen molar-refractivity contribution < 1.29 is 9.90 Å². The van der Waals surface area contributed by atoms with E-state index in [1.807, 2.05) is 26.0 Å². The molecule has 3 heteroatoms.